The Morgan fingerprint density at radius 3 is 2.54 bits per heavy atom. The maximum absolute atomic E-state index is 17.5. The molecule has 2 N–H and O–H groups in total. The van der Waals surface area contributed by atoms with Crippen LogP contribution in [-0.4, -0.2) is 91.7 Å². The van der Waals surface area contributed by atoms with Crippen molar-refractivity contribution in [2.75, 3.05) is 45.2 Å². The minimum Gasteiger partial charge on any atom is -0.493 e. The Morgan fingerprint density at radius 2 is 1.81 bits per heavy atom. The van der Waals surface area contributed by atoms with E-state index < -0.39 is 41.4 Å². The van der Waals surface area contributed by atoms with Crippen molar-refractivity contribution in [3.05, 3.63) is 47.3 Å². The average molecular weight is 719 g/mol. The summed E-state index contributed by atoms with van der Waals surface area (Å²) in [7, 11) is 2.62. The summed E-state index contributed by atoms with van der Waals surface area (Å²) in [5.41, 5.74) is -1.32. The summed E-state index contributed by atoms with van der Waals surface area (Å²) in [5, 5.41) is 6.21. The van der Waals surface area contributed by atoms with Crippen LogP contribution in [0.1, 0.15) is 44.1 Å². The Morgan fingerprint density at radius 1 is 1.02 bits per heavy atom. The summed E-state index contributed by atoms with van der Waals surface area (Å²) in [6, 6.07) is 5.27. The van der Waals surface area contributed by atoms with Crippen LogP contribution < -0.4 is 29.7 Å². The van der Waals surface area contributed by atoms with Gasteiger partial charge in [-0.3, -0.25) is 4.90 Å². The molecule has 4 unspecified atom stereocenters. The number of aromatic nitrogens is 2. The number of carbonyl (C=O) groups excluding carboxylic acids is 1. The highest BCUT2D eigenvalue weighted by Gasteiger charge is 2.40. The first kappa shape index (κ1) is 34.2. The number of hydrogen-bond acceptors (Lipinski definition) is 9. The lowest BCUT2D eigenvalue weighted by Gasteiger charge is -2.35. The van der Waals surface area contributed by atoms with Crippen molar-refractivity contribution in [1.29, 1.82) is 0 Å². The van der Waals surface area contributed by atoms with E-state index in [0.717, 1.165) is 38.3 Å². The van der Waals surface area contributed by atoms with Gasteiger partial charge >= 0.3 is 12.1 Å². The van der Waals surface area contributed by atoms with E-state index in [9.17, 15) is 9.18 Å². The van der Waals surface area contributed by atoms with Gasteiger partial charge in [0.2, 0.25) is 0 Å². The molecule has 0 spiro atoms. The van der Waals surface area contributed by atoms with E-state index in [2.05, 4.69) is 26.4 Å². The molecule has 4 aromatic rings. The van der Waals surface area contributed by atoms with Gasteiger partial charge in [0.25, 0.3) is 0 Å². The molecule has 0 radical (unpaired) electrons. The van der Waals surface area contributed by atoms with E-state index >= 15 is 13.2 Å². The van der Waals surface area contributed by atoms with E-state index in [1.807, 2.05) is 4.90 Å². The number of benzene rings is 3. The van der Waals surface area contributed by atoms with Gasteiger partial charge in [0.15, 0.2) is 17.4 Å². The minimum atomic E-state index is -1.10. The van der Waals surface area contributed by atoms with Crippen LogP contribution in [0.15, 0.2) is 24.3 Å². The lowest BCUT2D eigenvalue weighted by atomic mass is 9.92. The molecule has 14 heteroatoms. The molecule has 3 aromatic carbocycles. The zero-order valence-electron chi connectivity index (χ0n) is 28.8. The molecule has 5 heterocycles. The smallest absolute Gasteiger partial charge is 0.412 e. The largest absolute Gasteiger partial charge is 0.493 e. The number of fused-ring (bicyclic) bond motifs is 5. The van der Waals surface area contributed by atoms with Crippen molar-refractivity contribution >= 4 is 33.6 Å². The second-order valence-electron chi connectivity index (χ2n) is 13.9. The van der Waals surface area contributed by atoms with Crippen LogP contribution in [0.5, 0.6) is 17.5 Å². The highest BCUT2D eigenvalue weighted by Crippen LogP contribution is 2.47. The number of terminal acetylenes is 1. The van der Waals surface area contributed by atoms with Crippen molar-refractivity contribution in [1.82, 2.24) is 25.5 Å². The third kappa shape index (κ3) is 5.89. The van der Waals surface area contributed by atoms with Crippen LogP contribution in [0, 0.1) is 29.8 Å². The zero-order valence-corrected chi connectivity index (χ0v) is 28.8. The molecule has 5 atom stereocenters. The number of halogens is 4. The summed E-state index contributed by atoms with van der Waals surface area (Å²) < 4.78 is 82.1. The monoisotopic (exact) mass is 718 g/mol. The lowest BCUT2D eigenvalue weighted by Crippen LogP contribution is -2.51. The number of nitrogens with one attached hydrogen (secondary N) is 2. The summed E-state index contributed by atoms with van der Waals surface area (Å²) in [4.78, 5) is 25.7. The fourth-order valence-corrected chi connectivity index (χ4v) is 8.54. The van der Waals surface area contributed by atoms with Crippen LogP contribution in [0.2, 0.25) is 0 Å². The number of nitrogens with zero attached hydrogens (tertiary/aromatic N) is 4. The molecule has 52 heavy (non-hydrogen) atoms. The summed E-state index contributed by atoms with van der Waals surface area (Å²) in [5.74, 6) is -0.827. The van der Waals surface area contributed by atoms with Gasteiger partial charge in [0.05, 0.1) is 23.6 Å². The van der Waals surface area contributed by atoms with Gasteiger partial charge in [-0.1, -0.05) is 12.0 Å². The fraction of sp³-hybridized carbons (Fsp3) is 0.447. The van der Waals surface area contributed by atoms with Gasteiger partial charge in [0, 0.05) is 55.8 Å². The topological polar surface area (TPSA) is 101 Å². The van der Waals surface area contributed by atoms with E-state index in [-0.39, 0.29) is 74.3 Å². The molecular formula is C38H38F4N6O4. The number of alkyl halides is 1. The van der Waals surface area contributed by atoms with E-state index in [1.54, 1.807) is 0 Å². The van der Waals surface area contributed by atoms with Gasteiger partial charge < -0.3 is 29.7 Å². The summed E-state index contributed by atoms with van der Waals surface area (Å²) in [6.07, 6.45) is 7.77. The third-order valence-electron chi connectivity index (χ3n) is 10.8. The molecule has 4 saturated heterocycles. The van der Waals surface area contributed by atoms with Gasteiger partial charge in [-0.15, -0.1) is 6.42 Å². The second-order valence-corrected chi connectivity index (χ2v) is 13.9. The van der Waals surface area contributed by atoms with Gasteiger partial charge in [0.1, 0.15) is 35.2 Å². The number of ether oxygens (including phenoxy) is 3. The Bertz CT molecular complexity index is 2120. The average Bonchev–Trinajstić information content (AvgIpc) is 3.70. The standard InChI is InChI=1S/C38H38F4N6O4/c1-4-24-26(40)11-7-19-14-23(51-38(49)43-2)15-25(29(19)24)30-32(41)34-31(35(50-3)33(30)42)36(48-17-21-9-10-22(18-48)44-21)46-37(45-34)52-28-12-8-20(39)16-47-13-5-6-27(28)47/h1,7,11,14-15,20-22,27-28,44H,5-6,8-10,12-13,16-18H2,2-3H3,(H,43,49)/t20-,21?,22?,27?,28?/m1/s1. The first-order valence-electron chi connectivity index (χ1n) is 17.6. The maximum atomic E-state index is 17.5. The van der Waals surface area contributed by atoms with Crippen LogP contribution in [0.3, 0.4) is 0 Å². The molecule has 0 saturated carbocycles. The number of amides is 1. The van der Waals surface area contributed by atoms with E-state index in [1.165, 1.54) is 32.4 Å². The minimum absolute atomic E-state index is 0.00695. The Balaban J connectivity index is 1.37. The predicted octanol–water partition coefficient (Wildman–Crippen LogP) is 5.86. The van der Waals surface area contributed by atoms with Crippen LogP contribution in [0.4, 0.5) is 28.2 Å². The molecule has 8 rings (SSSR count). The molecule has 272 valence electrons. The van der Waals surface area contributed by atoms with Crippen LogP contribution in [0.25, 0.3) is 32.8 Å². The van der Waals surface area contributed by atoms with Crippen molar-refractivity contribution in [3.8, 4) is 41.0 Å². The quantitative estimate of drug-likeness (QED) is 0.188. The van der Waals surface area contributed by atoms with Crippen molar-refractivity contribution in [2.45, 2.75) is 68.9 Å². The summed E-state index contributed by atoms with van der Waals surface area (Å²) >= 11 is 0. The van der Waals surface area contributed by atoms with Gasteiger partial charge in [-0.2, -0.15) is 9.97 Å². The first-order chi connectivity index (χ1) is 25.2. The second kappa shape index (κ2) is 13.6. The summed E-state index contributed by atoms with van der Waals surface area (Å²) in [6.45, 7) is 2.12. The Labute approximate surface area is 297 Å². The van der Waals surface area contributed by atoms with Crippen molar-refractivity contribution < 1.29 is 36.6 Å². The molecule has 4 aliphatic heterocycles. The molecule has 1 amide bonds. The molecule has 4 fully saturated rings. The molecule has 10 nitrogen and oxygen atoms in total. The third-order valence-corrected chi connectivity index (χ3v) is 10.8. The van der Waals surface area contributed by atoms with E-state index in [0.29, 0.717) is 32.5 Å². The SMILES string of the molecule is C#Cc1c(F)ccc2cc(OC(=O)NC)cc(-c3c(F)c(OC)c4c(N5CC6CCC(C5)N6)nc(OC5CC[C@@H](F)CN6CCCC56)nc4c3F)c12. The Hall–Kier alpha value is -4.87. The molecule has 0 aliphatic carbocycles. The number of rotatable bonds is 6. The van der Waals surface area contributed by atoms with Gasteiger partial charge in [-0.25, -0.2) is 22.4 Å². The molecule has 4 aliphatic rings. The molecular weight excluding hydrogens is 680 g/mol. The lowest BCUT2D eigenvalue weighted by molar-refractivity contribution is 0.0910. The highest BCUT2D eigenvalue weighted by atomic mass is 19.1. The number of piperazine rings is 1. The van der Waals surface area contributed by atoms with Crippen LogP contribution in [-0.2, 0) is 0 Å². The number of anilines is 1. The molecule has 2 bridgehead atoms. The maximum Gasteiger partial charge on any atom is 0.412 e. The number of hydrogen-bond donors (Lipinski definition) is 2. The zero-order chi connectivity index (χ0) is 36.3. The van der Waals surface area contributed by atoms with Gasteiger partial charge in [-0.05, 0) is 68.7 Å². The van der Waals surface area contributed by atoms with Crippen LogP contribution >= 0.6 is 0 Å². The van der Waals surface area contributed by atoms with Crippen molar-refractivity contribution in [3.63, 3.8) is 0 Å². The fourth-order valence-electron chi connectivity index (χ4n) is 8.54. The number of methoxy groups -OCH3 is 1. The first-order valence-corrected chi connectivity index (χ1v) is 17.6. The predicted molar refractivity (Wildman–Crippen MR) is 187 cm³/mol. The normalized spacial score (nSPS) is 24.4. The number of carbonyl (C=O) groups is 1. The highest BCUT2D eigenvalue weighted by molar-refractivity contribution is 6.06. The van der Waals surface area contributed by atoms with Crippen molar-refractivity contribution in [2.24, 2.45) is 0 Å². The van der Waals surface area contributed by atoms with E-state index in [4.69, 9.17) is 25.6 Å². The Kier molecular flexibility index (Phi) is 8.95. The molecule has 1 aromatic heterocycles.